The fourth-order valence-corrected chi connectivity index (χ4v) is 2.28. The average Bonchev–Trinajstić information content (AvgIpc) is 2.42. The molecule has 0 fully saturated rings. The van der Waals surface area contributed by atoms with E-state index in [0.29, 0.717) is 6.08 Å². The number of ether oxygens (including phenoxy) is 2. The Bertz CT molecular complexity index is 691. The van der Waals surface area contributed by atoms with Crippen molar-refractivity contribution < 1.29 is 45.7 Å². The maximum absolute atomic E-state index is 13.4. The summed E-state index contributed by atoms with van der Waals surface area (Å²) in [5.41, 5.74) is -1.63. The van der Waals surface area contributed by atoms with Crippen LogP contribution in [0.15, 0.2) is 23.8 Å². The van der Waals surface area contributed by atoms with Crippen molar-refractivity contribution in [2.24, 2.45) is 0 Å². The van der Waals surface area contributed by atoms with Crippen LogP contribution in [0.4, 0.5) is 26.3 Å². The molecule has 0 radical (unpaired) electrons. The zero-order valence-corrected chi connectivity index (χ0v) is 12.0. The Morgan fingerprint density at radius 3 is 2.33 bits per heavy atom. The number of hydrogen-bond acceptors (Lipinski definition) is 3. The summed E-state index contributed by atoms with van der Waals surface area (Å²) in [4.78, 5) is 11.2. The number of fused-ring (bicyclic) bond motifs is 1. The predicted molar refractivity (Wildman–Crippen MR) is 68.0 cm³/mol. The van der Waals surface area contributed by atoms with Gasteiger partial charge in [-0.05, 0) is 18.1 Å². The number of benzene rings is 1. The fourth-order valence-electron chi connectivity index (χ4n) is 2.28. The summed E-state index contributed by atoms with van der Waals surface area (Å²) < 4.78 is 85.7. The lowest BCUT2D eigenvalue weighted by molar-refractivity contribution is -0.446. The van der Waals surface area contributed by atoms with Gasteiger partial charge in [-0.15, -0.1) is 13.2 Å². The number of carboxylic acids is 1. The molecule has 1 aliphatic rings. The van der Waals surface area contributed by atoms with Crippen LogP contribution in [-0.4, -0.2) is 29.4 Å². The summed E-state index contributed by atoms with van der Waals surface area (Å²) in [7, 11) is 0. The molecule has 0 bridgehead atoms. The Morgan fingerprint density at radius 1 is 1.25 bits per heavy atom. The third-order valence-corrected chi connectivity index (χ3v) is 3.27. The number of hydrogen-bond donors (Lipinski definition) is 1. The van der Waals surface area contributed by atoms with Gasteiger partial charge in [0.15, 0.2) is 0 Å². The molecule has 0 aliphatic carbocycles. The minimum atomic E-state index is -5.80. The first-order chi connectivity index (χ1) is 10.9. The predicted octanol–water partition coefficient (Wildman–Crippen LogP) is 3.90. The van der Waals surface area contributed by atoms with Crippen LogP contribution in [0, 0.1) is 0 Å². The van der Waals surface area contributed by atoms with Crippen molar-refractivity contribution in [1.82, 2.24) is 0 Å². The SMILES string of the molecule is CCc1cccc2c1OC(OC(F)(F)F)(C(F)(F)F)C(C(=O)O)=C2. The number of para-hydroxylation sites is 1. The highest BCUT2D eigenvalue weighted by molar-refractivity contribution is 5.96. The van der Waals surface area contributed by atoms with E-state index in [0.717, 1.165) is 0 Å². The molecule has 1 aliphatic heterocycles. The molecule has 1 aromatic carbocycles. The van der Waals surface area contributed by atoms with Crippen molar-refractivity contribution in [1.29, 1.82) is 0 Å². The van der Waals surface area contributed by atoms with Crippen LogP contribution < -0.4 is 4.74 Å². The van der Waals surface area contributed by atoms with Gasteiger partial charge in [0.2, 0.25) is 0 Å². The van der Waals surface area contributed by atoms with Gasteiger partial charge in [0.1, 0.15) is 11.3 Å². The van der Waals surface area contributed by atoms with Crippen molar-refractivity contribution in [3.05, 3.63) is 34.9 Å². The molecular formula is C14H10F6O4. The Kier molecular flexibility index (Phi) is 4.29. The number of aryl methyl sites for hydroxylation is 1. The number of carbonyl (C=O) groups is 1. The second kappa shape index (κ2) is 5.69. The fraction of sp³-hybridized carbons (Fsp3) is 0.357. The summed E-state index contributed by atoms with van der Waals surface area (Å²) >= 11 is 0. The molecule has 1 aromatic rings. The lowest BCUT2D eigenvalue weighted by Gasteiger charge is -2.39. The van der Waals surface area contributed by atoms with Crippen molar-refractivity contribution in [2.45, 2.75) is 31.7 Å². The third kappa shape index (κ3) is 3.05. The van der Waals surface area contributed by atoms with Gasteiger partial charge in [-0.1, -0.05) is 25.1 Å². The van der Waals surface area contributed by atoms with Gasteiger partial charge in [-0.25, -0.2) is 9.53 Å². The van der Waals surface area contributed by atoms with E-state index in [-0.39, 0.29) is 17.5 Å². The highest BCUT2D eigenvalue weighted by Crippen LogP contribution is 2.49. The van der Waals surface area contributed by atoms with E-state index < -0.39 is 35.6 Å². The number of carboxylic acid groups (broad SMARTS) is 1. The van der Waals surface area contributed by atoms with Crippen molar-refractivity contribution in [3.63, 3.8) is 0 Å². The molecule has 1 unspecified atom stereocenters. The molecule has 2 rings (SSSR count). The third-order valence-electron chi connectivity index (χ3n) is 3.27. The van der Waals surface area contributed by atoms with E-state index in [1.165, 1.54) is 18.2 Å². The van der Waals surface area contributed by atoms with Gasteiger partial charge < -0.3 is 9.84 Å². The zero-order valence-electron chi connectivity index (χ0n) is 12.0. The van der Waals surface area contributed by atoms with Gasteiger partial charge >= 0.3 is 24.3 Å². The standard InChI is InChI=1S/C14H10F6O4/c1-2-7-4-3-5-8-6-9(11(21)22)12(13(15,16)17,23-10(7)8)24-14(18,19)20/h3-6H,2H2,1H3,(H,21,22). The molecule has 0 spiro atoms. The minimum Gasteiger partial charge on any atom is -0.478 e. The van der Waals surface area contributed by atoms with E-state index in [9.17, 15) is 31.1 Å². The molecule has 1 heterocycles. The topological polar surface area (TPSA) is 55.8 Å². The van der Waals surface area contributed by atoms with Crippen LogP contribution >= 0.6 is 0 Å². The first kappa shape index (κ1) is 18.1. The molecule has 4 nitrogen and oxygen atoms in total. The van der Waals surface area contributed by atoms with E-state index in [1.54, 1.807) is 6.92 Å². The first-order valence-electron chi connectivity index (χ1n) is 6.51. The van der Waals surface area contributed by atoms with E-state index in [1.807, 2.05) is 0 Å². The van der Waals surface area contributed by atoms with Gasteiger partial charge in [0, 0.05) is 5.56 Å². The molecule has 1 N–H and O–H groups in total. The number of halogens is 6. The molecule has 0 saturated heterocycles. The highest BCUT2D eigenvalue weighted by Gasteiger charge is 2.69. The van der Waals surface area contributed by atoms with E-state index >= 15 is 0 Å². The molecule has 132 valence electrons. The summed E-state index contributed by atoms with van der Waals surface area (Å²) in [6.07, 6.45) is -11.0. The van der Waals surface area contributed by atoms with Crippen molar-refractivity contribution >= 4 is 12.0 Å². The van der Waals surface area contributed by atoms with Gasteiger partial charge in [-0.2, -0.15) is 13.2 Å². The Balaban J connectivity index is 2.76. The van der Waals surface area contributed by atoms with Crippen LogP contribution in [-0.2, 0) is 16.0 Å². The van der Waals surface area contributed by atoms with E-state index in [2.05, 4.69) is 9.47 Å². The summed E-state index contributed by atoms with van der Waals surface area (Å²) in [5.74, 6) is -7.24. The Morgan fingerprint density at radius 2 is 1.88 bits per heavy atom. The molecule has 0 saturated carbocycles. The molecular weight excluding hydrogens is 346 g/mol. The number of alkyl halides is 6. The molecule has 24 heavy (non-hydrogen) atoms. The highest BCUT2D eigenvalue weighted by atomic mass is 19.4. The van der Waals surface area contributed by atoms with Crippen LogP contribution in [0.25, 0.3) is 6.08 Å². The quantitative estimate of drug-likeness (QED) is 0.835. The lowest BCUT2D eigenvalue weighted by atomic mass is 9.95. The maximum Gasteiger partial charge on any atom is 0.526 e. The molecule has 1 atom stereocenters. The van der Waals surface area contributed by atoms with Crippen LogP contribution in [0.3, 0.4) is 0 Å². The summed E-state index contributed by atoms with van der Waals surface area (Å²) in [6, 6.07) is 4.00. The van der Waals surface area contributed by atoms with Crippen LogP contribution in [0.5, 0.6) is 5.75 Å². The Labute approximate surface area is 131 Å². The van der Waals surface area contributed by atoms with Crippen LogP contribution in [0.2, 0.25) is 0 Å². The summed E-state index contributed by atoms with van der Waals surface area (Å²) in [5, 5.41) is 8.99. The van der Waals surface area contributed by atoms with Gasteiger partial charge in [0.05, 0.1) is 0 Å². The van der Waals surface area contributed by atoms with E-state index in [4.69, 9.17) is 5.11 Å². The van der Waals surface area contributed by atoms with Gasteiger partial charge in [0.25, 0.3) is 0 Å². The van der Waals surface area contributed by atoms with Crippen molar-refractivity contribution in [2.75, 3.05) is 0 Å². The monoisotopic (exact) mass is 356 g/mol. The smallest absolute Gasteiger partial charge is 0.478 e. The maximum atomic E-state index is 13.4. The molecule has 0 aromatic heterocycles. The second-order valence-corrected chi connectivity index (χ2v) is 4.82. The second-order valence-electron chi connectivity index (χ2n) is 4.82. The normalized spacial score (nSPS) is 20.9. The Hall–Kier alpha value is -2.23. The molecule has 0 amide bonds. The largest absolute Gasteiger partial charge is 0.526 e. The van der Waals surface area contributed by atoms with Gasteiger partial charge in [-0.3, -0.25) is 0 Å². The number of rotatable bonds is 3. The molecule has 10 heteroatoms. The zero-order chi connectivity index (χ0) is 18.3. The summed E-state index contributed by atoms with van der Waals surface area (Å²) in [6.45, 7) is 1.55. The average molecular weight is 356 g/mol. The lowest BCUT2D eigenvalue weighted by Crippen LogP contribution is -2.59. The number of aliphatic carboxylic acids is 1. The minimum absolute atomic E-state index is 0.0857. The first-order valence-corrected chi connectivity index (χ1v) is 6.51. The van der Waals surface area contributed by atoms with Crippen molar-refractivity contribution in [3.8, 4) is 5.75 Å². The van der Waals surface area contributed by atoms with Crippen LogP contribution in [0.1, 0.15) is 18.1 Å².